The minimum absolute atomic E-state index is 0.850. The van der Waals surface area contributed by atoms with E-state index in [4.69, 9.17) is 9.15 Å². The van der Waals surface area contributed by atoms with Gasteiger partial charge in [-0.05, 0) is 87.9 Å². The molecular weight excluding hydrogens is 466 g/mol. The quantitative estimate of drug-likeness (QED) is 0.231. The van der Waals surface area contributed by atoms with Gasteiger partial charge in [-0.2, -0.15) is 0 Å². The van der Waals surface area contributed by atoms with Gasteiger partial charge in [-0.1, -0.05) is 54.6 Å². The third-order valence-corrected chi connectivity index (χ3v) is 7.70. The van der Waals surface area contributed by atoms with Crippen molar-refractivity contribution >= 4 is 54.4 Å². The van der Waals surface area contributed by atoms with E-state index in [2.05, 4.69) is 108 Å². The Bertz CT molecular complexity index is 2150. The van der Waals surface area contributed by atoms with Gasteiger partial charge < -0.3 is 13.7 Å². The standard InChI is InChI=1S/C35H23NO2/c1-37-26-13-11-22(12-14-26)30-20-24-19-23-17-18-36(25-7-3-2-4-8-25)32(23)21-31(24)34-28(30)15-16-29-27-9-5-6-10-33(27)38-35(29)34/h2-21H,1H3. The molecule has 3 heteroatoms. The van der Waals surface area contributed by atoms with Crippen molar-refractivity contribution in [2.75, 3.05) is 7.11 Å². The fourth-order valence-corrected chi connectivity index (χ4v) is 5.87. The highest BCUT2D eigenvalue weighted by atomic mass is 16.5. The smallest absolute Gasteiger partial charge is 0.143 e. The van der Waals surface area contributed by atoms with Crippen molar-refractivity contribution in [2.45, 2.75) is 0 Å². The van der Waals surface area contributed by atoms with Crippen LogP contribution in [0.3, 0.4) is 0 Å². The van der Waals surface area contributed by atoms with E-state index in [-0.39, 0.29) is 0 Å². The normalized spacial score (nSPS) is 11.8. The van der Waals surface area contributed by atoms with Crippen LogP contribution in [0.5, 0.6) is 5.75 Å². The molecule has 3 nitrogen and oxygen atoms in total. The fraction of sp³-hybridized carbons (Fsp3) is 0.0286. The van der Waals surface area contributed by atoms with E-state index in [1.54, 1.807) is 7.11 Å². The maximum atomic E-state index is 6.58. The number of methoxy groups -OCH3 is 1. The van der Waals surface area contributed by atoms with Crippen LogP contribution in [0.1, 0.15) is 0 Å². The molecule has 0 atom stereocenters. The zero-order chi connectivity index (χ0) is 25.2. The molecule has 0 bridgehead atoms. The van der Waals surface area contributed by atoms with Crippen LogP contribution in [0.2, 0.25) is 0 Å². The molecule has 38 heavy (non-hydrogen) atoms. The van der Waals surface area contributed by atoms with Gasteiger partial charge in [0, 0.05) is 33.4 Å². The first-order chi connectivity index (χ1) is 18.8. The Morgan fingerprint density at radius 3 is 2.26 bits per heavy atom. The first kappa shape index (κ1) is 21.1. The predicted octanol–water partition coefficient (Wildman–Crippen LogP) is 9.51. The summed E-state index contributed by atoms with van der Waals surface area (Å²) < 4.78 is 14.3. The van der Waals surface area contributed by atoms with E-state index >= 15 is 0 Å². The van der Waals surface area contributed by atoms with Crippen LogP contribution >= 0.6 is 0 Å². The summed E-state index contributed by atoms with van der Waals surface area (Å²) in [5, 5.41) is 8.18. The molecular formula is C35H23NO2. The molecule has 2 aromatic heterocycles. The number of nitrogens with zero attached hydrogens (tertiary/aromatic N) is 1. The molecule has 0 spiro atoms. The molecule has 0 N–H and O–H groups in total. The summed E-state index contributed by atoms with van der Waals surface area (Å²) in [6.45, 7) is 0. The van der Waals surface area contributed by atoms with Crippen molar-refractivity contribution in [3.63, 3.8) is 0 Å². The van der Waals surface area contributed by atoms with E-state index in [1.165, 1.54) is 32.6 Å². The highest BCUT2D eigenvalue weighted by Crippen LogP contribution is 2.43. The molecule has 0 aliphatic heterocycles. The molecule has 8 rings (SSSR count). The molecule has 8 aromatic rings. The highest BCUT2D eigenvalue weighted by molar-refractivity contribution is 6.27. The molecule has 2 heterocycles. The van der Waals surface area contributed by atoms with Crippen molar-refractivity contribution in [1.29, 1.82) is 0 Å². The van der Waals surface area contributed by atoms with Crippen LogP contribution < -0.4 is 4.74 Å². The number of hydrogen-bond donors (Lipinski definition) is 0. The summed E-state index contributed by atoms with van der Waals surface area (Å²) in [6, 6.07) is 40.7. The lowest BCUT2D eigenvalue weighted by Crippen LogP contribution is -1.92. The SMILES string of the molecule is COc1ccc(-c2cc3cc4ccn(-c5ccccc5)c4cc3c3c2ccc2c4ccccc4oc23)cc1. The lowest BCUT2D eigenvalue weighted by molar-refractivity contribution is 0.415. The lowest BCUT2D eigenvalue weighted by Gasteiger charge is -2.13. The van der Waals surface area contributed by atoms with Gasteiger partial charge in [-0.25, -0.2) is 0 Å². The molecule has 0 amide bonds. The second-order valence-corrected chi connectivity index (χ2v) is 9.77. The van der Waals surface area contributed by atoms with E-state index in [0.717, 1.165) is 44.3 Å². The number of para-hydroxylation sites is 2. The number of aromatic nitrogens is 1. The third kappa shape index (κ3) is 3.02. The zero-order valence-corrected chi connectivity index (χ0v) is 20.8. The van der Waals surface area contributed by atoms with Crippen molar-refractivity contribution in [1.82, 2.24) is 4.57 Å². The Hall–Kier alpha value is -5.02. The molecule has 0 aliphatic carbocycles. The van der Waals surface area contributed by atoms with Gasteiger partial charge in [-0.15, -0.1) is 0 Å². The van der Waals surface area contributed by atoms with Gasteiger partial charge in [0.15, 0.2) is 0 Å². The van der Waals surface area contributed by atoms with Gasteiger partial charge in [0.1, 0.15) is 16.9 Å². The molecule has 0 aliphatic rings. The van der Waals surface area contributed by atoms with Gasteiger partial charge in [0.2, 0.25) is 0 Å². The summed E-state index contributed by atoms with van der Waals surface area (Å²) in [4.78, 5) is 0. The third-order valence-electron chi connectivity index (χ3n) is 7.70. The van der Waals surface area contributed by atoms with Crippen molar-refractivity contribution in [3.05, 3.63) is 121 Å². The second kappa shape index (κ2) is 7.99. The van der Waals surface area contributed by atoms with Crippen LogP contribution in [0.15, 0.2) is 126 Å². The Morgan fingerprint density at radius 1 is 0.632 bits per heavy atom. The van der Waals surface area contributed by atoms with Crippen molar-refractivity contribution in [3.8, 4) is 22.6 Å². The van der Waals surface area contributed by atoms with E-state index in [1.807, 2.05) is 18.2 Å². The number of benzene rings is 6. The first-order valence-electron chi connectivity index (χ1n) is 12.8. The molecule has 0 saturated carbocycles. The second-order valence-electron chi connectivity index (χ2n) is 9.77. The summed E-state index contributed by atoms with van der Waals surface area (Å²) >= 11 is 0. The first-order valence-corrected chi connectivity index (χ1v) is 12.8. The van der Waals surface area contributed by atoms with Crippen LogP contribution in [0, 0.1) is 0 Å². The number of ether oxygens (including phenoxy) is 1. The Morgan fingerprint density at radius 2 is 1.42 bits per heavy atom. The average Bonchev–Trinajstić information content (AvgIpc) is 3.57. The summed E-state index contributed by atoms with van der Waals surface area (Å²) in [6.07, 6.45) is 2.15. The number of hydrogen-bond acceptors (Lipinski definition) is 2. The molecule has 0 saturated heterocycles. The summed E-state index contributed by atoms with van der Waals surface area (Å²) in [7, 11) is 1.70. The van der Waals surface area contributed by atoms with Gasteiger partial charge in [0.05, 0.1) is 12.6 Å². The van der Waals surface area contributed by atoms with E-state index < -0.39 is 0 Å². The molecule has 180 valence electrons. The monoisotopic (exact) mass is 489 g/mol. The van der Waals surface area contributed by atoms with Gasteiger partial charge in [-0.3, -0.25) is 0 Å². The Labute approximate surface area is 219 Å². The molecule has 0 radical (unpaired) electrons. The zero-order valence-electron chi connectivity index (χ0n) is 20.8. The molecule has 0 fully saturated rings. The van der Waals surface area contributed by atoms with Crippen LogP contribution in [-0.4, -0.2) is 11.7 Å². The van der Waals surface area contributed by atoms with Crippen molar-refractivity contribution < 1.29 is 9.15 Å². The fourth-order valence-electron chi connectivity index (χ4n) is 5.87. The van der Waals surface area contributed by atoms with Gasteiger partial charge in [0.25, 0.3) is 0 Å². The van der Waals surface area contributed by atoms with Gasteiger partial charge >= 0.3 is 0 Å². The maximum absolute atomic E-state index is 6.58. The minimum Gasteiger partial charge on any atom is -0.497 e. The van der Waals surface area contributed by atoms with E-state index in [0.29, 0.717) is 0 Å². The topological polar surface area (TPSA) is 27.3 Å². The van der Waals surface area contributed by atoms with Crippen molar-refractivity contribution in [2.24, 2.45) is 0 Å². The van der Waals surface area contributed by atoms with Crippen LogP contribution in [-0.2, 0) is 0 Å². The maximum Gasteiger partial charge on any atom is 0.143 e. The van der Waals surface area contributed by atoms with E-state index in [9.17, 15) is 0 Å². The predicted molar refractivity (Wildman–Crippen MR) is 158 cm³/mol. The molecule has 6 aromatic carbocycles. The summed E-state index contributed by atoms with van der Waals surface area (Å²) in [5.74, 6) is 0.850. The Balaban J connectivity index is 1.53. The van der Waals surface area contributed by atoms with Crippen LogP contribution in [0.25, 0.3) is 71.2 Å². The molecule has 0 unspecified atom stereocenters. The Kier molecular flexibility index (Phi) is 4.44. The van der Waals surface area contributed by atoms with Crippen LogP contribution in [0.4, 0.5) is 0 Å². The number of fused-ring (bicyclic) bond motifs is 8. The summed E-state index contributed by atoms with van der Waals surface area (Å²) in [5.41, 5.74) is 6.49. The highest BCUT2D eigenvalue weighted by Gasteiger charge is 2.17. The number of furan rings is 1. The number of rotatable bonds is 3. The average molecular weight is 490 g/mol. The largest absolute Gasteiger partial charge is 0.497 e. The minimum atomic E-state index is 0.850. The lowest BCUT2D eigenvalue weighted by atomic mass is 9.91.